The molecule has 0 radical (unpaired) electrons. The number of carbonyl (C=O) groups excluding carboxylic acids is 3. The van der Waals surface area contributed by atoms with Crippen LogP contribution in [0.15, 0.2) is 23.0 Å². The number of anilines is 1. The average Bonchev–Trinajstić information content (AvgIpc) is 3.71. The highest BCUT2D eigenvalue weighted by Gasteiger charge is 2.64. The summed E-state index contributed by atoms with van der Waals surface area (Å²) in [5, 5.41) is 46.4. The van der Waals surface area contributed by atoms with Gasteiger partial charge in [-0.25, -0.2) is 0 Å². The SMILES string of the molecule is CC(=O)C1=C(O)[C@@]2(O)C(=O)C3=C(O)c4c(O)c(CCCC5CCC6(CC5)CC6)cc(N(C)C)c4C[C@H]3C[C@H]2[C@H](N(C)C)C1=O. The number of hydrogen-bond acceptors (Lipinski definition) is 9. The number of benzene rings is 1. The molecule has 4 atom stereocenters. The molecule has 44 heavy (non-hydrogen) atoms. The van der Waals surface area contributed by atoms with Gasteiger partial charge >= 0.3 is 0 Å². The second-order valence-electron chi connectivity index (χ2n) is 14.6. The number of ketones is 3. The van der Waals surface area contributed by atoms with E-state index in [1.807, 2.05) is 25.1 Å². The maximum absolute atomic E-state index is 14.2. The Labute approximate surface area is 259 Å². The van der Waals surface area contributed by atoms with E-state index in [9.17, 15) is 34.8 Å². The first kappa shape index (κ1) is 30.8. The van der Waals surface area contributed by atoms with E-state index in [1.54, 1.807) is 19.0 Å². The summed E-state index contributed by atoms with van der Waals surface area (Å²) >= 11 is 0. The van der Waals surface area contributed by atoms with Crippen LogP contribution in [-0.2, 0) is 27.2 Å². The van der Waals surface area contributed by atoms with Crippen molar-refractivity contribution in [2.45, 2.75) is 89.2 Å². The number of phenols is 1. The molecule has 1 aromatic rings. The molecule has 6 rings (SSSR count). The highest BCUT2D eigenvalue weighted by molar-refractivity contribution is 6.25. The van der Waals surface area contributed by atoms with Gasteiger partial charge in [-0.15, -0.1) is 0 Å². The summed E-state index contributed by atoms with van der Waals surface area (Å²) in [4.78, 5) is 43.5. The van der Waals surface area contributed by atoms with Crippen LogP contribution in [-0.4, -0.2) is 82.5 Å². The number of Topliss-reactive ketones (excluding diaryl/α,β-unsaturated/α-hetero) is 3. The molecule has 0 unspecified atom stereocenters. The molecule has 0 amide bonds. The minimum atomic E-state index is -2.56. The number of aryl methyl sites for hydroxylation is 1. The molecule has 1 spiro atoms. The molecule has 3 fully saturated rings. The third-order valence-corrected chi connectivity index (χ3v) is 11.5. The lowest BCUT2D eigenvalue weighted by Crippen LogP contribution is -2.65. The van der Waals surface area contributed by atoms with Crippen molar-refractivity contribution in [3.8, 4) is 5.75 Å². The van der Waals surface area contributed by atoms with Crippen LogP contribution in [0, 0.1) is 23.2 Å². The molecule has 0 aliphatic heterocycles. The van der Waals surface area contributed by atoms with E-state index in [-0.39, 0.29) is 23.3 Å². The molecule has 9 nitrogen and oxygen atoms in total. The minimum absolute atomic E-state index is 0.0641. The number of aliphatic hydroxyl groups is 3. The van der Waals surface area contributed by atoms with E-state index in [0.717, 1.165) is 25.5 Å². The van der Waals surface area contributed by atoms with Gasteiger partial charge in [0, 0.05) is 31.3 Å². The Morgan fingerprint density at radius 1 is 1.02 bits per heavy atom. The van der Waals surface area contributed by atoms with Gasteiger partial charge in [0.05, 0.1) is 11.6 Å². The third kappa shape index (κ3) is 4.61. The van der Waals surface area contributed by atoms with E-state index in [1.165, 1.54) is 38.5 Å². The Morgan fingerprint density at radius 2 is 1.68 bits per heavy atom. The molecule has 0 heterocycles. The first-order valence-corrected chi connectivity index (χ1v) is 16.1. The summed E-state index contributed by atoms with van der Waals surface area (Å²) in [6.45, 7) is 1.11. The quantitative estimate of drug-likeness (QED) is 0.332. The van der Waals surface area contributed by atoms with Gasteiger partial charge < -0.3 is 25.3 Å². The summed E-state index contributed by atoms with van der Waals surface area (Å²) in [5.74, 6) is -4.62. The molecule has 0 saturated heterocycles. The Morgan fingerprint density at radius 3 is 2.25 bits per heavy atom. The normalized spacial score (nSPS) is 29.6. The zero-order valence-corrected chi connectivity index (χ0v) is 26.6. The van der Waals surface area contributed by atoms with E-state index >= 15 is 0 Å². The van der Waals surface area contributed by atoms with Crippen molar-refractivity contribution in [3.63, 3.8) is 0 Å². The van der Waals surface area contributed by atoms with Gasteiger partial charge in [-0.1, -0.05) is 6.42 Å². The topological polar surface area (TPSA) is 139 Å². The number of aliphatic hydroxyl groups excluding tert-OH is 2. The van der Waals surface area contributed by atoms with Crippen molar-refractivity contribution in [2.75, 3.05) is 33.1 Å². The maximum atomic E-state index is 14.2. The van der Waals surface area contributed by atoms with Crippen LogP contribution < -0.4 is 4.90 Å². The van der Waals surface area contributed by atoms with Crippen LogP contribution in [0.3, 0.4) is 0 Å². The van der Waals surface area contributed by atoms with Crippen LogP contribution in [0.25, 0.3) is 5.76 Å². The molecular weight excluding hydrogens is 560 g/mol. The summed E-state index contributed by atoms with van der Waals surface area (Å²) in [6, 6.07) is 0.959. The first-order valence-electron chi connectivity index (χ1n) is 16.1. The Kier molecular flexibility index (Phi) is 7.52. The van der Waals surface area contributed by atoms with Gasteiger partial charge in [0.15, 0.2) is 17.2 Å². The molecular formula is C35H46N2O7. The monoisotopic (exact) mass is 606 g/mol. The highest BCUT2D eigenvalue weighted by Crippen LogP contribution is 2.58. The van der Waals surface area contributed by atoms with Crippen molar-refractivity contribution in [3.05, 3.63) is 39.7 Å². The van der Waals surface area contributed by atoms with Crippen molar-refractivity contribution in [1.82, 2.24) is 4.90 Å². The van der Waals surface area contributed by atoms with Crippen LogP contribution in [0.2, 0.25) is 0 Å². The second kappa shape index (κ2) is 10.7. The molecule has 0 aromatic heterocycles. The van der Waals surface area contributed by atoms with Crippen molar-refractivity contribution in [1.29, 1.82) is 0 Å². The third-order valence-electron chi connectivity index (χ3n) is 11.5. The number of nitrogens with zero attached hydrogens (tertiary/aromatic N) is 2. The molecule has 4 N–H and O–H groups in total. The standard InChI is InChI=1S/C35H46N2O7/c1-18(38)25-31(41)28(37(4)5)23-16-21-15-22-24(36(2)3)17-20(8-6-7-19-9-11-34(12-10-19)13-14-34)29(39)27(22)30(40)26(21)33(43)35(23,44)32(25)42/h17,19,21,23,28,39-40,42,44H,6-16H2,1-5H3/t21-,23-,28-,35+/m0/s1. The molecule has 1 aromatic carbocycles. The fraction of sp³-hybridized carbons (Fsp3) is 0.629. The van der Waals surface area contributed by atoms with Gasteiger partial charge in [-0.05, 0) is 120 Å². The number of carbonyl (C=O) groups is 3. The highest BCUT2D eigenvalue weighted by atomic mass is 16.3. The van der Waals surface area contributed by atoms with Crippen molar-refractivity contribution in [2.24, 2.45) is 23.2 Å². The predicted octanol–water partition coefficient (Wildman–Crippen LogP) is 4.43. The summed E-state index contributed by atoms with van der Waals surface area (Å²) in [6.07, 6.45) is 11.0. The second-order valence-corrected chi connectivity index (χ2v) is 14.6. The summed E-state index contributed by atoms with van der Waals surface area (Å²) in [5.41, 5.74) is -0.140. The molecule has 3 saturated carbocycles. The largest absolute Gasteiger partial charge is 0.508 e. The Hall–Kier alpha value is -3.17. The van der Waals surface area contributed by atoms with E-state index < -0.39 is 57.9 Å². The minimum Gasteiger partial charge on any atom is -0.508 e. The van der Waals surface area contributed by atoms with Crippen LogP contribution in [0.4, 0.5) is 5.69 Å². The maximum Gasteiger partial charge on any atom is 0.202 e. The number of hydrogen-bond donors (Lipinski definition) is 4. The van der Waals surface area contributed by atoms with Crippen LogP contribution in [0.1, 0.15) is 81.4 Å². The average molecular weight is 607 g/mol. The summed E-state index contributed by atoms with van der Waals surface area (Å²) in [7, 11) is 7.07. The molecule has 9 heteroatoms. The molecule has 0 bridgehead atoms. The lowest BCUT2D eigenvalue weighted by Gasteiger charge is -2.50. The first-order chi connectivity index (χ1) is 20.7. The number of phenolic OH excluding ortho intramolecular Hbond substituents is 1. The molecule has 5 aliphatic carbocycles. The Bertz CT molecular complexity index is 1490. The van der Waals surface area contributed by atoms with Gasteiger partial charge in [0.2, 0.25) is 5.78 Å². The van der Waals surface area contributed by atoms with Crippen molar-refractivity contribution >= 4 is 28.8 Å². The molecule has 238 valence electrons. The zero-order chi connectivity index (χ0) is 31.9. The van der Waals surface area contributed by atoms with Gasteiger partial charge in [0.25, 0.3) is 0 Å². The van der Waals surface area contributed by atoms with E-state index in [4.69, 9.17) is 0 Å². The number of fused-ring (bicyclic) bond motifs is 3. The predicted molar refractivity (Wildman–Crippen MR) is 167 cm³/mol. The lowest BCUT2D eigenvalue weighted by molar-refractivity contribution is -0.153. The number of aromatic hydroxyl groups is 1. The van der Waals surface area contributed by atoms with Gasteiger partial charge in [0.1, 0.15) is 22.8 Å². The van der Waals surface area contributed by atoms with Gasteiger partial charge in [-0.3, -0.25) is 19.3 Å². The number of rotatable bonds is 7. The van der Waals surface area contributed by atoms with E-state index in [2.05, 4.69) is 0 Å². The summed E-state index contributed by atoms with van der Waals surface area (Å²) < 4.78 is 0. The smallest absolute Gasteiger partial charge is 0.202 e. The van der Waals surface area contributed by atoms with Gasteiger partial charge in [-0.2, -0.15) is 0 Å². The Balaban J connectivity index is 1.37. The fourth-order valence-electron chi connectivity index (χ4n) is 8.87. The zero-order valence-electron chi connectivity index (χ0n) is 26.6. The van der Waals surface area contributed by atoms with Crippen LogP contribution in [0.5, 0.6) is 5.75 Å². The van der Waals surface area contributed by atoms with Crippen molar-refractivity contribution < 1.29 is 34.8 Å². The number of likely N-dealkylation sites (N-methyl/N-ethyl adjacent to an activating group) is 1. The van der Waals surface area contributed by atoms with Crippen LogP contribution >= 0.6 is 0 Å². The van der Waals surface area contributed by atoms with E-state index in [0.29, 0.717) is 35.3 Å². The fourth-order valence-corrected chi connectivity index (χ4v) is 8.87. The lowest BCUT2D eigenvalue weighted by atomic mass is 9.57. The molecule has 5 aliphatic rings.